The number of halogens is 5. The minimum Gasteiger partial charge on any atom is -0.399 e. The van der Waals surface area contributed by atoms with Crippen LogP contribution in [0.5, 0.6) is 5.75 Å². The molecule has 1 aliphatic rings. The van der Waals surface area contributed by atoms with Crippen molar-refractivity contribution in [3.63, 3.8) is 0 Å². The lowest BCUT2D eigenvalue weighted by molar-refractivity contribution is -0.276. The molecule has 0 atom stereocenters. The molecule has 174 valence electrons. The third kappa shape index (κ3) is 5.37. The topological polar surface area (TPSA) is 9.23 Å². The van der Waals surface area contributed by atoms with Crippen molar-refractivity contribution in [3.05, 3.63) is 76.9 Å². The van der Waals surface area contributed by atoms with Crippen LogP contribution in [0.4, 0.5) is 22.0 Å². The van der Waals surface area contributed by atoms with Gasteiger partial charge in [-0.05, 0) is 70.3 Å². The van der Waals surface area contributed by atoms with Crippen LogP contribution in [0, 0.1) is 11.6 Å². The molecule has 3 aromatic carbocycles. The predicted molar refractivity (Wildman–Crippen MR) is 119 cm³/mol. The van der Waals surface area contributed by atoms with E-state index in [1.165, 1.54) is 43.2 Å². The summed E-state index contributed by atoms with van der Waals surface area (Å²) in [6, 6.07) is 13.7. The molecule has 3 aromatic rings. The number of benzene rings is 3. The Morgan fingerprint density at radius 2 is 1.39 bits per heavy atom. The summed E-state index contributed by atoms with van der Waals surface area (Å²) >= 11 is 0. The highest BCUT2D eigenvalue weighted by Gasteiger charge is 2.34. The summed E-state index contributed by atoms with van der Waals surface area (Å²) < 4.78 is 69.0. The van der Waals surface area contributed by atoms with Gasteiger partial charge in [-0.3, -0.25) is 0 Å². The van der Waals surface area contributed by atoms with E-state index >= 15 is 0 Å². The lowest BCUT2D eigenvalue weighted by atomic mass is 9.98. The fourth-order valence-corrected chi connectivity index (χ4v) is 4.47. The smallest absolute Gasteiger partial charge is 0.399 e. The Balaban J connectivity index is 1.52. The highest BCUT2D eigenvalue weighted by atomic mass is 19.4. The number of hydrogen-bond donors (Lipinski definition) is 0. The van der Waals surface area contributed by atoms with E-state index in [0.717, 1.165) is 35.2 Å². The van der Waals surface area contributed by atoms with E-state index in [-0.39, 0.29) is 5.56 Å². The van der Waals surface area contributed by atoms with Gasteiger partial charge in [0.1, 0.15) is 0 Å². The van der Waals surface area contributed by atoms with Crippen LogP contribution >= 0.6 is 0 Å². The summed E-state index contributed by atoms with van der Waals surface area (Å²) in [5.74, 6) is -4.23. The quantitative estimate of drug-likeness (QED) is 0.189. The molecule has 0 spiro atoms. The summed E-state index contributed by atoms with van der Waals surface area (Å²) in [4.78, 5) is 0. The molecule has 0 fully saturated rings. The third-order valence-electron chi connectivity index (χ3n) is 6.06. The molecule has 0 aromatic heterocycles. The molecule has 0 unspecified atom stereocenters. The van der Waals surface area contributed by atoms with Gasteiger partial charge in [0.15, 0.2) is 11.6 Å². The highest BCUT2D eigenvalue weighted by molar-refractivity contribution is 5.80. The second-order valence-corrected chi connectivity index (χ2v) is 8.52. The van der Waals surface area contributed by atoms with Crippen LogP contribution in [0.2, 0.25) is 0 Å². The van der Waals surface area contributed by atoms with Crippen molar-refractivity contribution in [2.75, 3.05) is 0 Å². The van der Waals surface area contributed by atoms with Gasteiger partial charge in [0.2, 0.25) is 5.75 Å². The second kappa shape index (κ2) is 9.54. The number of unbranched alkanes of at least 4 members (excludes halogenated alkanes) is 4. The van der Waals surface area contributed by atoms with Crippen molar-refractivity contribution in [1.29, 1.82) is 0 Å². The van der Waals surface area contributed by atoms with Gasteiger partial charge in [0.25, 0.3) is 0 Å². The van der Waals surface area contributed by atoms with Crippen molar-refractivity contribution in [1.82, 2.24) is 0 Å². The van der Waals surface area contributed by atoms with Gasteiger partial charge in [-0.25, -0.2) is 8.78 Å². The Morgan fingerprint density at radius 1 is 0.758 bits per heavy atom. The molecule has 0 heterocycles. The molecule has 1 aliphatic carbocycles. The van der Waals surface area contributed by atoms with E-state index in [9.17, 15) is 22.0 Å². The molecular formula is C27H25F5O. The summed E-state index contributed by atoms with van der Waals surface area (Å²) in [5.41, 5.74) is 6.47. The van der Waals surface area contributed by atoms with E-state index in [0.29, 0.717) is 12.0 Å². The first-order valence-corrected chi connectivity index (χ1v) is 11.3. The fourth-order valence-electron chi connectivity index (χ4n) is 4.47. The van der Waals surface area contributed by atoms with Gasteiger partial charge in [-0.1, -0.05) is 69.0 Å². The molecule has 0 aliphatic heterocycles. The maximum absolute atomic E-state index is 14.2. The second-order valence-electron chi connectivity index (χ2n) is 8.52. The molecular weight excluding hydrogens is 435 g/mol. The van der Waals surface area contributed by atoms with Crippen molar-refractivity contribution >= 4 is 0 Å². The van der Waals surface area contributed by atoms with Crippen LogP contribution in [-0.2, 0) is 12.8 Å². The van der Waals surface area contributed by atoms with E-state index in [1.807, 2.05) is 12.1 Å². The monoisotopic (exact) mass is 460 g/mol. The number of rotatable bonds is 8. The third-order valence-corrected chi connectivity index (χ3v) is 6.06. The van der Waals surface area contributed by atoms with Crippen molar-refractivity contribution in [2.24, 2.45) is 0 Å². The first-order valence-electron chi connectivity index (χ1n) is 11.3. The van der Waals surface area contributed by atoms with Crippen LogP contribution in [0.15, 0.2) is 48.5 Å². The van der Waals surface area contributed by atoms with E-state index < -0.39 is 23.7 Å². The first-order chi connectivity index (χ1) is 15.7. The molecule has 0 radical (unpaired) electrons. The van der Waals surface area contributed by atoms with E-state index in [2.05, 4.69) is 29.9 Å². The van der Waals surface area contributed by atoms with Crippen molar-refractivity contribution < 1.29 is 26.7 Å². The minimum absolute atomic E-state index is 0.158. The fraction of sp³-hybridized carbons (Fsp3) is 0.333. The number of ether oxygens (including phenoxy) is 1. The molecule has 0 bridgehead atoms. The maximum Gasteiger partial charge on any atom is 0.573 e. The molecule has 0 amide bonds. The van der Waals surface area contributed by atoms with Gasteiger partial charge < -0.3 is 4.74 Å². The molecule has 0 N–H and O–H groups in total. The SMILES string of the molecule is CCCCCCCc1ccc2c(c1)Cc1cc(-c3cc(F)c(OC(F)(F)F)c(F)c3)ccc1-2. The van der Waals surface area contributed by atoms with Crippen LogP contribution < -0.4 is 4.74 Å². The lowest BCUT2D eigenvalue weighted by Gasteiger charge is -2.12. The van der Waals surface area contributed by atoms with Crippen LogP contribution in [0.25, 0.3) is 22.3 Å². The largest absolute Gasteiger partial charge is 0.573 e. The number of fused-ring (bicyclic) bond motifs is 3. The average Bonchev–Trinajstić information content (AvgIpc) is 3.12. The number of aryl methyl sites for hydroxylation is 1. The van der Waals surface area contributed by atoms with Gasteiger partial charge in [0.05, 0.1) is 0 Å². The lowest BCUT2D eigenvalue weighted by Crippen LogP contribution is -2.19. The van der Waals surface area contributed by atoms with Gasteiger partial charge in [0, 0.05) is 0 Å². The van der Waals surface area contributed by atoms with Gasteiger partial charge in [-0.15, -0.1) is 13.2 Å². The Morgan fingerprint density at radius 3 is 2.06 bits per heavy atom. The number of alkyl halides is 3. The van der Waals surface area contributed by atoms with Crippen LogP contribution in [0.3, 0.4) is 0 Å². The van der Waals surface area contributed by atoms with Crippen molar-refractivity contribution in [3.8, 4) is 28.0 Å². The molecule has 1 nitrogen and oxygen atoms in total. The Bertz CT molecular complexity index is 1130. The predicted octanol–water partition coefficient (Wildman–Crippen LogP) is 8.61. The Hall–Kier alpha value is -2.89. The Labute approximate surface area is 190 Å². The zero-order valence-corrected chi connectivity index (χ0v) is 18.4. The Kier molecular flexibility index (Phi) is 6.73. The van der Waals surface area contributed by atoms with E-state index in [4.69, 9.17) is 0 Å². The first kappa shape index (κ1) is 23.3. The van der Waals surface area contributed by atoms with Gasteiger partial charge >= 0.3 is 6.36 Å². The molecule has 0 saturated carbocycles. The normalized spacial score (nSPS) is 12.5. The average molecular weight is 460 g/mol. The maximum atomic E-state index is 14.2. The van der Waals surface area contributed by atoms with Crippen molar-refractivity contribution in [2.45, 2.75) is 58.2 Å². The van der Waals surface area contributed by atoms with E-state index in [1.54, 1.807) is 6.07 Å². The molecule has 0 saturated heterocycles. The number of hydrogen-bond acceptors (Lipinski definition) is 1. The standard InChI is InChI=1S/C27H25F5O/c1-2-3-4-5-6-7-17-8-10-22-20(12-17)14-21-13-18(9-11-23(21)22)19-15-24(28)26(25(29)16-19)33-27(30,31)32/h8-13,15-16H,2-7,14H2,1H3. The zero-order chi connectivity index (χ0) is 23.6. The van der Waals surface area contributed by atoms with Crippen LogP contribution in [0.1, 0.15) is 55.7 Å². The summed E-state index contributed by atoms with van der Waals surface area (Å²) in [5, 5.41) is 0. The summed E-state index contributed by atoms with van der Waals surface area (Å²) in [7, 11) is 0. The summed E-state index contributed by atoms with van der Waals surface area (Å²) in [6.45, 7) is 2.20. The molecule has 6 heteroatoms. The summed E-state index contributed by atoms with van der Waals surface area (Å²) in [6.07, 6.45) is 2.75. The highest BCUT2D eigenvalue weighted by Crippen LogP contribution is 2.40. The molecule has 4 rings (SSSR count). The zero-order valence-electron chi connectivity index (χ0n) is 18.4. The van der Waals surface area contributed by atoms with Crippen LogP contribution in [-0.4, -0.2) is 6.36 Å². The molecule has 33 heavy (non-hydrogen) atoms. The van der Waals surface area contributed by atoms with Gasteiger partial charge in [-0.2, -0.15) is 0 Å². The minimum atomic E-state index is -5.17.